The first-order valence-electron chi connectivity index (χ1n) is 8.05. The van der Waals surface area contributed by atoms with Crippen LogP contribution in [0.4, 0.5) is 0 Å². The molecule has 0 spiro atoms. The second kappa shape index (κ2) is 4.87. The Balaban J connectivity index is 1.75. The van der Waals surface area contributed by atoms with Crippen LogP contribution in [0.15, 0.2) is 6.07 Å². The van der Waals surface area contributed by atoms with Gasteiger partial charge in [0.15, 0.2) is 0 Å². The van der Waals surface area contributed by atoms with Gasteiger partial charge >= 0.3 is 0 Å². The molecule has 21 heavy (non-hydrogen) atoms. The maximum absolute atomic E-state index is 6.49. The minimum absolute atomic E-state index is 0.360. The van der Waals surface area contributed by atoms with Gasteiger partial charge in [0.25, 0.3) is 0 Å². The molecule has 116 valence electrons. The highest BCUT2D eigenvalue weighted by Gasteiger charge is 2.58. The Labute approximate surface area is 141 Å². The van der Waals surface area contributed by atoms with Crippen LogP contribution in [0.25, 0.3) is 0 Å². The average molecular weight is 344 g/mol. The molecule has 4 fully saturated rings. The van der Waals surface area contributed by atoms with Crippen molar-refractivity contribution in [2.75, 3.05) is 7.05 Å². The van der Waals surface area contributed by atoms with Crippen LogP contribution in [-0.2, 0) is 0 Å². The number of rotatable bonds is 3. The van der Waals surface area contributed by atoms with Crippen LogP contribution in [0.5, 0.6) is 0 Å². The second-order valence-corrected chi connectivity index (χ2v) is 10.4. The van der Waals surface area contributed by atoms with Crippen molar-refractivity contribution in [3.63, 3.8) is 0 Å². The van der Waals surface area contributed by atoms with E-state index in [-0.39, 0.29) is 0 Å². The number of nitrogens with one attached hydrogen (secondary N) is 1. The Kier molecular flexibility index (Phi) is 3.43. The van der Waals surface area contributed by atoms with Crippen molar-refractivity contribution in [1.29, 1.82) is 0 Å². The lowest BCUT2D eigenvalue weighted by Crippen LogP contribution is -2.55. The smallest absolute Gasteiger partial charge is 0.0992 e. The Bertz CT molecular complexity index is 553. The van der Waals surface area contributed by atoms with E-state index in [1.807, 2.05) is 0 Å². The molecule has 1 nitrogen and oxygen atoms in total. The molecule has 0 saturated heterocycles. The third-order valence-electron chi connectivity index (χ3n) is 6.29. The van der Waals surface area contributed by atoms with Crippen LogP contribution in [0.1, 0.15) is 57.1 Å². The fraction of sp³-hybridized carbons (Fsp3) is 0.765. The summed E-state index contributed by atoms with van der Waals surface area (Å²) in [7, 11) is 2.09. The van der Waals surface area contributed by atoms with Crippen LogP contribution in [0.2, 0.25) is 8.67 Å². The fourth-order valence-electron chi connectivity index (χ4n) is 6.48. The maximum Gasteiger partial charge on any atom is 0.0992 e. The summed E-state index contributed by atoms with van der Waals surface area (Å²) in [5.74, 6) is 1.86. The van der Waals surface area contributed by atoms with Gasteiger partial charge in [-0.15, -0.1) is 11.3 Å². The molecule has 1 aromatic rings. The first-order chi connectivity index (χ1) is 9.93. The molecule has 4 saturated carbocycles. The molecular weight excluding hydrogens is 321 g/mol. The molecule has 1 aromatic heterocycles. The summed E-state index contributed by atoms with van der Waals surface area (Å²) in [5.41, 5.74) is 2.19. The Morgan fingerprint density at radius 3 is 2.38 bits per heavy atom. The van der Waals surface area contributed by atoms with Gasteiger partial charge in [-0.2, -0.15) is 0 Å². The van der Waals surface area contributed by atoms with E-state index in [1.165, 1.54) is 55.4 Å². The van der Waals surface area contributed by atoms with E-state index >= 15 is 0 Å². The van der Waals surface area contributed by atoms with E-state index in [9.17, 15) is 0 Å². The van der Waals surface area contributed by atoms with Gasteiger partial charge in [0, 0.05) is 11.6 Å². The SMILES string of the molecule is CNC(c1cc(Cl)sc1Cl)C12CC3CC(CC(C)(C3)C1)C2. The molecule has 0 aromatic carbocycles. The van der Waals surface area contributed by atoms with Crippen molar-refractivity contribution in [2.45, 2.75) is 51.5 Å². The van der Waals surface area contributed by atoms with Crippen molar-refractivity contribution in [3.05, 3.63) is 20.3 Å². The topological polar surface area (TPSA) is 12.0 Å². The summed E-state index contributed by atoms with van der Waals surface area (Å²) in [5, 5.41) is 3.61. The highest BCUT2D eigenvalue weighted by Crippen LogP contribution is 2.68. The van der Waals surface area contributed by atoms with Gasteiger partial charge in [0.2, 0.25) is 0 Å². The first kappa shape index (κ1) is 14.8. The van der Waals surface area contributed by atoms with Gasteiger partial charge in [0.1, 0.15) is 0 Å². The largest absolute Gasteiger partial charge is 0.312 e. The number of halogens is 2. The zero-order valence-electron chi connectivity index (χ0n) is 12.7. The molecule has 4 bridgehead atoms. The molecule has 4 aliphatic rings. The molecule has 0 aliphatic heterocycles. The maximum atomic E-state index is 6.49. The zero-order valence-corrected chi connectivity index (χ0v) is 15.0. The minimum Gasteiger partial charge on any atom is -0.312 e. The van der Waals surface area contributed by atoms with Gasteiger partial charge in [0.05, 0.1) is 8.67 Å². The normalized spacial score (nSPS) is 42.5. The van der Waals surface area contributed by atoms with Crippen LogP contribution < -0.4 is 5.32 Å². The third kappa shape index (κ3) is 2.29. The molecule has 1 N–H and O–H groups in total. The Hall–Kier alpha value is 0.240. The fourth-order valence-corrected chi connectivity index (χ4v) is 8.01. The molecular formula is C17H23Cl2NS. The first-order valence-corrected chi connectivity index (χ1v) is 9.62. The van der Waals surface area contributed by atoms with Crippen LogP contribution in [0.3, 0.4) is 0 Å². The van der Waals surface area contributed by atoms with E-state index < -0.39 is 0 Å². The highest BCUT2D eigenvalue weighted by molar-refractivity contribution is 7.20. The second-order valence-electron chi connectivity index (χ2n) is 8.14. The average Bonchev–Trinajstić information content (AvgIpc) is 2.65. The van der Waals surface area contributed by atoms with Crippen molar-refractivity contribution >= 4 is 34.5 Å². The third-order valence-corrected chi connectivity index (χ3v) is 7.81. The van der Waals surface area contributed by atoms with E-state index in [0.29, 0.717) is 16.9 Å². The standard InChI is InChI=1S/C17H23Cl2NS/c1-16-5-10-3-11(6-16)8-17(7-10,9-16)14(20-2)12-4-13(18)21-15(12)19/h4,10-11,14,20H,3,5-9H2,1-2H3. The van der Waals surface area contributed by atoms with E-state index in [1.54, 1.807) is 0 Å². The highest BCUT2D eigenvalue weighted by atomic mass is 35.5. The van der Waals surface area contributed by atoms with Gasteiger partial charge in [-0.25, -0.2) is 0 Å². The van der Waals surface area contributed by atoms with Crippen molar-refractivity contribution in [3.8, 4) is 0 Å². The van der Waals surface area contributed by atoms with Crippen molar-refractivity contribution in [2.24, 2.45) is 22.7 Å². The van der Waals surface area contributed by atoms with Crippen LogP contribution >= 0.6 is 34.5 Å². The summed E-state index contributed by atoms with van der Waals surface area (Å²) < 4.78 is 1.69. The number of hydrogen-bond acceptors (Lipinski definition) is 2. The number of hydrogen-bond donors (Lipinski definition) is 1. The van der Waals surface area contributed by atoms with Gasteiger partial charge in [-0.1, -0.05) is 30.1 Å². The lowest BCUT2D eigenvalue weighted by Gasteiger charge is -2.63. The summed E-state index contributed by atoms with van der Waals surface area (Å²) in [4.78, 5) is 0. The van der Waals surface area contributed by atoms with Gasteiger partial charge in [-0.3, -0.25) is 0 Å². The summed E-state index contributed by atoms with van der Waals surface area (Å²) in [6.07, 6.45) is 8.44. The molecule has 3 unspecified atom stereocenters. The lowest BCUT2D eigenvalue weighted by molar-refractivity contribution is -0.118. The summed E-state index contributed by atoms with van der Waals surface area (Å²) in [6, 6.07) is 2.45. The predicted molar refractivity (Wildman–Crippen MR) is 91.4 cm³/mol. The molecule has 1 heterocycles. The minimum atomic E-state index is 0.360. The number of thiophene rings is 1. The molecule has 5 rings (SSSR count). The lowest BCUT2D eigenvalue weighted by atomic mass is 9.43. The van der Waals surface area contributed by atoms with E-state index in [4.69, 9.17) is 23.2 Å². The van der Waals surface area contributed by atoms with Gasteiger partial charge < -0.3 is 5.32 Å². The molecule has 0 amide bonds. The van der Waals surface area contributed by atoms with E-state index in [0.717, 1.165) is 20.5 Å². The molecule has 3 atom stereocenters. The monoisotopic (exact) mass is 343 g/mol. The predicted octanol–water partition coefficient (Wildman–Crippen LogP) is 5.92. The molecule has 4 heteroatoms. The molecule has 0 radical (unpaired) electrons. The van der Waals surface area contributed by atoms with Crippen molar-refractivity contribution < 1.29 is 0 Å². The Morgan fingerprint density at radius 1 is 1.24 bits per heavy atom. The molecule has 4 aliphatic carbocycles. The Morgan fingerprint density at radius 2 is 1.90 bits per heavy atom. The van der Waals surface area contributed by atoms with Crippen molar-refractivity contribution in [1.82, 2.24) is 5.32 Å². The summed E-state index contributed by atoms with van der Waals surface area (Å²) >= 11 is 14.2. The summed E-state index contributed by atoms with van der Waals surface area (Å²) in [6.45, 7) is 2.52. The quantitative estimate of drug-likeness (QED) is 0.717. The van der Waals surface area contributed by atoms with Crippen LogP contribution in [0, 0.1) is 22.7 Å². The zero-order chi connectivity index (χ0) is 14.8. The van der Waals surface area contributed by atoms with Crippen LogP contribution in [-0.4, -0.2) is 7.05 Å². The van der Waals surface area contributed by atoms with E-state index in [2.05, 4.69) is 25.4 Å². The van der Waals surface area contributed by atoms with Gasteiger partial charge in [-0.05, 0) is 74.3 Å².